The second kappa shape index (κ2) is 7.36. The molecule has 0 amide bonds. The third-order valence-corrected chi connectivity index (χ3v) is 6.18. The molecule has 1 N–H and O–H groups in total. The van der Waals surface area contributed by atoms with Crippen molar-refractivity contribution in [3.05, 3.63) is 28.8 Å². The number of nitrogens with one attached hydrogen (secondary N) is 1. The van der Waals surface area contributed by atoms with Crippen LogP contribution in [0, 0.1) is 5.92 Å². The van der Waals surface area contributed by atoms with Gasteiger partial charge in [0, 0.05) is 16.0 Å². The van der Waals surface area contributed by atoms with E-state index in [1.54, 1.807) is 0 Å². The minimum Gasteiger partial charge on any atom is -0.310 e. The van der Waals surface area contributed by atoms with E-state index in [2.05, 4.69) is 29.3 Å². The molecule has 0 spiro atoms. The SMILES string of the molecule is CCN1CCC(CNC2CCSc3ccc(Cl)cc32)CC1. The summed E-state index contributed by atoms with van der Waals surface area (Å²) in [5, 5.41) is 4.68. The Hall–Kier alpha value is -0.220. The molecule has 0 bridgehead atoms. The van der Waals surface area contributed by atoms with Gasteiger partial charge in [0.1, 0.15) is 0 Å². The summed E-state index contributed by atoms with van der Waals surface area (Å²) < 4.78 is 0. The fraction of sp³-hybridized carbons (Fsp3) is 0.647. The molecule has 2 nitrogen and oxygen atoms in total. The van der Waals surface area contributed by atoms with Gasteiger partial charge in [0.05, 0.1) is 0 Å². The molecule has 4 heteroatoms. The first-order chi connectivity index (χ1) is 10.3. The van der Waals surface area contributed by atoms with Gasteiger partial charge < -0.3 is 10.2 Å². The number of piperidine rings is 1. The molecule has 1 fully saturated rings. The topological polar surface area (TPSA) is 15.3 Å². The van der Waals surface area contributed by atoms with Crippen LogP contribution in [0.25, 0.3) is 0 Å². The maximum absolute atomic E-state index is 6.18. The highest BCUT2D eigenvalue weighted by molar-refractivity contribution is 7.99. The Kier molecular flexibility index (Phi) is 5.49. The Morgan fingerprint density at radius 1 is 1.29 bits per heavy atom. The lowest BCUT2D eigenvalue weighted by molar-refractivity contribution is 0.187. The molecule has 1 saturated heterocycles. The summed E-state index contributed by atoms with van der Waals surface area (Å²) in [7, 11) is 0. The van der Waals surface area contributed by atoms with Crippen molar-refractivity contribution in [2.75, 3.05) is 31.9 Å². The molecule has 2 aliphatic heterocycles. The van der Waals surface area contributed by atoms with Crippen LogP contribution in [0.5, 0.6) is 0 Å². The van der Waals surface area contributed by atoms with Crippen molar-refractivity contribution in [2.45, 2.75) is 37.1 Å². The molecular formula is C17H25ClN2S. The maximum Gasteiger partial charge on any atom is 0.0410 e. The Labute approximate surface area is 137 Å². The average molecular weight is 325 g/mol. The molecule has 0 aliphatic carbocycles. The third-order valence-electron chi connectivity index (χ3n) is 4.82. The molecule has 1 atom stereocenters. The number of thioether (sulfide) groups is 1. The molecule has 1 aromatic carbocycles. The monoisotopic (exact) mass is 324 g/mol. The predicted octanol–water partition coefficient (Wildman–Crippen LogP) is 4.20. The van der Waals surface area contributed by atoms with Crippen LogP contribution in [0.4, 0.5) is 0 Å². The minimum absolute atomic E-state index is 0.490. The molecule has 21 heavy (non-hydrogen) atoms. The fourth-order valence-corrected chi connectivity index (χ4v) is 4.68. The van der Waals surface area contributed by atoms with Gasteiger partial charge in [-0.15, -0.1) is 11.8 Å². The minimum atomic E-state index is 0.490. The van der Waals surface area contributed by atoms with E-state index in [9.17, 15) is 0 Å². The van der Waals surface area contributed by atoms with Crippen molar-refractivity contribution in [3.8, 4) is 0 Å². The van der Waals surface area contributed by atoms with Crippen molar-refractivity contribution in [1.82, 2.24) is 10.2 Å². The average Bonchev–Trinajstić information content (AvgIpc) is 2.53. The van der Waals surface area contributed by atoms with E-state index in [1.165, 1.54) is 55.1 Å². The first-order valence-electron chi connectivity index (χ1n) is 8.14. The highest BCUT2D eigenvalue weighted by Crippen LogP contribution is 2.37. The zero-order chi connectivity index (χ0) is 14.7. The van der Waals surface area contributed by atoms with Crippen LogP contribution in [0.3, 0.4) is 0 Å². The van der Waals surface area contributed by atoms with Crippen LogP contribution in [-0.2, 0) is 0 Å². The summed E-state index contributed by atoms with van der Waals surface area (Å²) in [5.74, 6) is 2.05. The molecule has 116 valence electrons. The van der Waals surface area contributed by atoms with Crippen LogP contribution in [0.2, 0.25) is 5.02 Å². The summed E-state index contributed by atoms with van der Waals surface area (Å²) in [5.41, 5.74) is 1.41. The number of hydrogen-bond donors (Lipinski definition) is 1. The van der Waals surface area contributed by atoms with Crippen LogP contribution in [-0.4, -0.2) is 36.8 Å². The molecule has 0 aromatic heterocycles. The molecule has 2 aliphatic rings. The largest absolute Gasteiger partial charge is 0.310 e. The molecule has 2 heterocycles. The summed E-state index contributed by atoms with van der Waals surface area (Å²) in [6.45, 7) is 7.15. The summed E-state index contributed by atoms with van der Waals surface area (Å²) in [4.78, 5) is 3.96. The van der Waals surface area contributed by atoms with E-state index in [0.717, 1.165) is 17.5 Å². The quantitative estimate of drug-likeness (QED) is 0.893. The second-order valence-corrected chi connectivity index (χ2v) is 7.73. The number of likely N-dealkylation sites (tertiary alicyclic amines) is 1. The van der Waals surface area contributed by atoms with Gasteiger partial charge in [-0.05, 0) is 80.9 Å². The van der Waals surface area contributed by atoms with E-state index in [1.807, 2.05) is 17.8 Å². The normalized spacial score (nSPS) is 24.0. The number of benzene rings is 1. The predicted molar refractivity (Wildman–Crippen MR) is 92.4 cm³/mol. The zero-order valence-corrected chi connectivity index (χ0v) is 14.3. The Balaban J connectivity index is 1.56. The number of halogens is 1. The molecular weight excluding hydrogens is 300 g/mol. The zero-order valence-electron chi connectivity index (χ0n) is 12.8. The van der Waals surface area contributed by atoms with E-state index < -0.39 is 0 Å². The standard InChI is InChI=1S/C17H25ClN2S/c1-2-20-8-5-13(6-9-20)12-19-16-7-10-21-17-4-3-14(18)11-15(16)17/h3-4,11,13,16,19H,2,5-10,12H2,1H3. The lowest BCUT2D eigenvalue weighted by atomic mass is 9.95. The smallest absolute Gasteiger partial charge is 0.0410 e. The number of hydrogen-bond acceptors (Lipinski definition) is 3. The summed E-state index contributed by atoms with van der Waals surface area (Å²) in [6, 6.07) is 6.83. The van der Waals surface area contributed by atoms with Crippen LogP contribution < -0.4 is 5.32 Å². The van der Waals surface area contributed by atoms with Gasteiger partial charge in [0.15, 0.2) is 0 Å². The molecule has 0 saturated carbocycles. The molecule has 1 aromatic rings. The Bertz CT molecular complexity index is 472. The lowest BCUT2D eigenvalue weighted by Crippen LogP contribution is -2.38. The molecule has 3 rings (SSSR count). The summed E-state index contributed by atoms with van der Waals surface area (Å²) >= 11 is 8.14. The van der Waals surface area contributed by atoms with E-state index in [0.29, 0.717) is 6.04 Å². The fourth-order valence-electron chi connectivity index (χ4n) is 3.39. The van der Waals surface area contributed by atoms with Crippen molar-refractivity contribution in [2.24, 2.45) is 5.92 Å². The number of nitrogens with zero attached hydrogens (tertiary/aromatic N) is 1. The summed E-state index contributed by atoms with van der Waals surface area (Å²) in [6.07, 6.45) is 3.89. The van der Waals surface area contributed by atoms with Gasteiger partial charge in [-0.25, -0.2) is 0 Å². The first-order valence-corrected chi connectivity index (χ1v) is 9.50. The molecule has 0 radical (unpaired) electrons. The van der Waals surface area contributed by atoms with Gasteiger partial charge in [-0.2, -0.15) is 0 Å². The highest BCUT2D eigenvalue weighted by atomic mass is 35.5. The number of fused-ring (bicyclic) bond motifs is 1. The van der Waals surface area contributed by atoms with Gasteiger partial charge in [-0.1, -0.05) is 18.5 Å². The highest BCUT2D eigenvalue weighted by Gasteiger charge is 2.23. The number of rotatable bonds is 4. The van der Waals surface area contributed by atoms with Crippen LogP contribution in [0.1, 0.15) is 37.8 Å². The van der Waals surface area contributed by atoms with Crippen molar-refractivity contribution >= 4 is 23.4 Å². The van der Waals surface area contributed by atoms with Gasteiger partial charge in [0.25, 0.3) is 0 Å². The van der Waals surface area contributed by atoms with E-state index in [-0.39, 0.29) is 0 Å². The third kappa shape index (κ3) is 3.95. The van der Waals surface area contributed by atoms with Crippen molar-refractivity contribution < 1.29 is 0 Å². The first kappa shape index (κ1) is 15.7. The van der Waals surface area contributed by atoms with Crippen molar-refractivity contribution in [1.29, 1.82) is 0 Å². The maximum atomic E-state index is 6.18. The van der Waals surface area contributed by atoms with Gasteiger partial charge >= 0.3 is 0 Å². The Morgan fingerprint density at radius 3 is 2.86 bits per heavy atom. The van der Waals surface area contributed by atoms with Crippen LogP contribution in [0.15, 0.2) is 23.1 Å². The van der Waals surface area contributed by atoms with Crippen LogP contribution >= 0.6 is 23.4 Å². The lowest BCUT2D eigenvalue weighted by Gasteiger charge is -2.33. The van der Waals surface area contributed by atoms with E-state index >= 15 is 0 Å². The Morgan fingerprint density at radius 2 is 2.10 bits per heavy atom. The second-order valence-electron chi connectivity index (χ2n) is 6.16. The van der Waals surface area contributed by atoms with Gasteiger partial charge in [-0.3, -0.25) is 0 Å². The van der Waals surface area contributed by atoms with Crippen molar-refractivity contribution in [3.63, 3.8) is 0 Å². The van der Waals surface area contributed by atoms with E-state index in [4.69, 9.17) is 11.6 Å². The molecule has 1 unspecified atom stereocenters. The van der Waals surface area contributed by atoms with Gasteiger partial charge in [0.2, 0.25) is 0 Å².